The monoisotopic (exact) mass is 232 g/mol. The third-order valence-electron chi connectivity index (χ3n) is 2.28. The van der Waals surface area contributed by atoms with E-state index >= 15 is 0 Å². The number of aromatic nitrogens is 1. The second-order valence-electron chi connectivity index (χ2n) is 3.59. The van der Waals surface area contributed by atoms with E-state index in [0.717, 1.165) is 27.5 Å². The van der Waals surface area contributed by atoms with Crippen LogP contribution in [-0.4, -0.2) is 11.0 Å². The van der Waals surface area contributed by atoms with Gasteiger partial charge in [-0.25, -0.2) is 4.98 Å². The Bertz CT molecular complexity index is 528. The van der Waals surface area contributed by atoms with Crippen LogP contribution in [0.15, 0.2) is 24.3 Å². The number of hydrogen-bond acceptors (Lipinski definition) is 4. The van der Waals surface area contributed by atoms with E-state index in [1.807, 2.05) is 31.2 Å². The highest BCUT2D eigenvalue weighted by molar-refractivity contribution is 7.17. The van der Waals surface area contributed by atoms with E-state index in [4.69, 9.17) is 0 Å². The summed E-state index contributed by atoms with van der Waals surface area (Å²) in [6, 6.07) is 7.83. The lowest BCUT2D eigenvalue weighted by Gasteiger charge is -1.97. The molecule has 0 aliphatic rings. The zero-order valence-electron chi connectivity index (χ0n) is 8.98. The number of nitrogens with zero attached hydrogens (tertiary/aromatic N) is 1. The fraction of sp³-hybridized carbons (Fsp3) is 0.167. The highest BCUT2D eigenvalue weighted by Crippen LogP contribution is 2.27. The second kappa shape index (κ2) is 4.06. The van der Waals surface area contributed by atoms with E-state index in [1.54, 1.807) is 6.92 Å². The number of thiazole rings is 1. The van der Waals surface area contributed by atoms with Crippen molar-refractivity contribution in [3.63, 3.8) is 0 Å². The standard InChI is InChI=1S/C12H11NO2S/c1-7-3-5-9(6-4-7)11-13-8(2)10(16-11)12(14)15/h3-6H,1-2H3,(H,14,15)/p-1. The van der Waals surface area contributed by atoms with Crippen molar-refractivity contribution in [1.82, 2.24) is 4.98 Å². The number of carbonyl (C=O) groups excluding carboxylic acids is 1. The van der Waals surface area contributed by atoms with Crippen LogP contribution >= 0.6 is 11.3 Å². The SMILES string of the molecule is Cc1ccc(-c2nc(C)c(C(=O)[O-])s2)cc1. The Labute approximate surface area is 97.4 Å². The molecule has 0 amide bonds. The summed E-state index contributed by atoms with van der Waals surface area (Å²) in [4.78, 5) is 15.2. The van der Waals surface area contributed by atoms with E-state index in [9.17, 15) is 9.90 Å². The fourth-order valence-electron chi connectivity index (χ4n) is 1.41. The van der Waals surface area contributed by atoms with Crippen LogP contribution in [0.5, 0.6) is 0 Å². The lowest BCUT2D eigenvalue weighted by molar-refractivity contribution is -0.254. The van der Waals surface area contributed by atoms with Crippen LogP contribution < -0.4 is 5.11 Å². The molecular weight excluding hydrogens is 222 g/mol. The lowest BCUT2D eigenvalue weighted by Crippen LogP contribution is -2.21. The Morgan fingerprint density at radius 3 is 2.38 bits per heavy atom. The third-order valence-corrected chi connectivity index (χ3v) is 3.47. The number of hydrogen-bond donors (Lipinski definition) is 0. The van der Waals surface area contributed by atoms with Gasteiger partial charge in [0, 0.05) is 5.56 Å². The summed E-state index contributed by atoms with van der Waals surface area (Å²) < 4.78 is 0. The zero-order valence-corrected chi connectivity index (χ0v) is 9.80. The summed E-state index contributed by atoms with van der Waals surface area (Å²) in [5, 5.41) is 11.5. The Morgan fingerprint density at radius 2 is 1.88 bits per heavy atom. The minimum atomic E-state index is -1.16. The summed E-state index contributed by atoms with van der Waals surface area (Å²) in [6.07, 6.45) is 0. The molecule has 0 fully saturated rings. The summed E-state index contributed by atoms with van der Waals surface area (Å²) in [5.74, 6) is -1.16. The molecule has 0 aliphatic carbocycles. The molecule has 0 bridgehead atoms. The number of rotatable bonds is 2. The van der Waals surface area contributed by atoms with Gasteiger partial charge in [-0.15, -0.1) is 11.3 Å². The topological polar surface area (TPSA) is 53.0 Å². The van der Waals surface area contributed by atoms with Gasteiger partial charge in [-0.3, -0.25) is 0 Å². The first-order valence-corrected chi connectivity index (χ1v) is 5.65. The van der Waals surface area contributed by atoms with Crippen molar-refractivity contribution in [3.05, 3.63) is 40.4 Å². The predicted octanol–water partition coefficient (Wildman–Crippen LogP) is 1.79. The number of aryl methyl sites for hydroxylation is 2. The van der Waals surface area contributed by atoms with Crippen LogP contribution in [-0.2, 0) is 0 Å². The molecule has 0 radical (unpaired) electrons. The van der Waals surface area contributed by atoms with Crippen molar-refractivity contribution in [1.29, 1.82) is 0 Å². The molecule has 0 saturated heterocycles. The molecule has 0 unspecified atom stereocenters. The van der Waals surface area contributed by atoms with Crippen molar-refractivity contribution in [2.45, 2.75) is 13.8 Å². The minimum absolute atomic E-state index is 0.204. The average Bonchev–Trinajstić information content (AvgIpc) is 2.61. The smallest absolute Gasteiger partial charge is 0.124 e. The molecular formula is C12H10NO2S-. The lowest BCUT2D eigenvalue weighted by atomic mass is 10.2. The van der Waals surface area contributed by atoms with Crippen molar-refractivity contribution in [3.8, 4) is 10.6 Å². The van der Waals surface area contributed by atoms with E-state index in [0.29, 0.717) is 5.69 Å². The van der Waals surface area contributed by atoms with E-state index in [-0.39, 0.29) is 4.88 Å². The summed E-state index contributed by atoms with van der Waals surface area (Å²) in [5.41, 5.74) is 2.61. The van der Waals surface area contributed by atoms with Gasteiger partial charge in [-0.2, -0.15) is 0 Å². The summed E-state index contributed by atoms with van der Waals surface area (Å²) in [6.45, 7) is 3.68. The predicted molar refractivity (Wildman–Crippen MR) is 61.4 cm³/mol. The molecule has 3 nitrogen and oxygen atoms in total. The normalized spacial score (nSPS) is 10.4. The van der Waals surface area contributed by atoms with E-state index < -0.39 is 5.97 Å². The first-order valence-electron chi connectivity index (χ1n) is 4.84. The maximum absolute atomic E-state index is 10.8. The Balaban J connectivity index is 2.45. The van der Waals surface area contributed by atoms with Gasteiger partial charge in [0.25, 0.3) is 0 Å². The largest absolute Gasteiger partial charge is 0.544 e. The highest BCUT2D eigenvalue weighted by atomic mass is 32.1. The fourth-order valence-corrected chi connectivity index (χ4v) is 2.31. The molecule has 0 saturated carbocycles. The first-order chi connectivity index (χ1) is 7.58. The molecule has 16 heavy (non-hydrogen) atoms. The van der Waals surface area contributed by atoms with Gasteiger partial charge in [0.05, 0.1) is 16.5 Å². The molecule has 4 heteroatoms. The minimum Gasteiger partial charge on any atom is -0.544 e. The Morgan fingerprint density at radius 1 is 1.25 bits per heavy atom. The van der Waals surface area contributed by atoms with E-state index in [2.05, 4.69) is 4.98 Å². The number of carboxylic acids is 1. The van der Waals surface area contributed by atoms with Crippen molar-refractivity contribution in [2.75, 3.05) is 0 Å². The van der Waals surface area contributed by atoms with Gasteiger partial charge in [-0.1, -0.05) is 29.8 Å². The number of aromatic carboxylic acids is 1. The van der Waals surface area contributed by atoms with Crippen molar-refractivity contribution >= 4 is 17.3 Å². The molecule has 0 aliphatic heterocycles. The quantitative estimate of drug-likeness (QED) is 0.793. The molecule has 2 rings (SSSR count). The van der Waals surface area contributed by atoms with E-state index in [1.165, 1.54) is 0 Å². The maximum Gasteiger partial charge on any atom is 0.124 e. The molecule has 1 heterocycles. The van der Waals surface area contributed by atoms with Crippen LogP contribution in [0.1, 0.15) is 20.9 Å². The second-order valence-corrected chi connectivity index (χ2v) is 4.59. The van der Waals surface area contributed by atoms with Crippen LogP contribution in [0.3, 0.4) is 0 Å². The molecule has 2 aromatic rings. The van der Waals surface area contributed by atoms with Crippen LogP contribution in [0.4, 0.5) is 0 Å². The van der Waals surface area contributed by atoms with Crippen molar-refractivity contribution in [2.24, 2.45) is 0 Å². The Hall–Kier alpha value is -1.68. The molecule has 82 valence electrons. The number of carbonyl (C=O) groups is 1. The molecule has 1 aromatic carbocycles. The molecule has 0 N–H and O–H groups in total. The molecule has 1 aromatic heterocycles. The molecule has 0 spiro atoms. The Kier molecular flexibility index (Phi) is 2.75. The average molecular weight is 232 g/mol. The molecule has 0 atom stereocenters. The van der Waals surface area contributed by atoms with Gasteiger partial charge in [0.1, 0.15) is 5.01 Å². The van der Waals surface area contributed by atoms with Crippen molar-refractivity contribution < 1.29 is 9.90 Å². The van der Waals surface area contributed by atoms with Crippen LogP contribution in [0, 0.1) is 13.8 Å². The highest BCUT2D eigenvalue weighted by Gasteiger charge is 2.09. The van der Waals surface area contributed by atoms with Crippen LogP contribution in [0.2, 0.25) is 0 Å². The third kappa shape index (κ3) is 1.97. The van der Waals surface area contributed by atoms with Gasteiger partial charge in [0.2, 0.25) is 0 Å². The summed E-state index contributed by atoms with van der Waals surface area (Å²) in [7, 11) is 0. The zero-order chi connectivity index (χ0) is 11.7. The maximum atomic E-state index is 10.8. The van der Waals surface area contributed by atoms with Crippen LogP contribution in [0.25, 0.3) is 10.6 Å². The van der Waals surface area contributed by atoms with Gasteiger partial charge < -0.3 is 9.90 Å². The first kappa shape index (κ1) is 10.8. The van der Waals surface area contributed by atoms with Gasteiger partial charge in [0.15, 0.2) is 0 Å². The van der Waals surface area contributed by atoms with Gasteiger partial charge >= 0.3 is 0 Å². The number of carboxylic acid groups (broad SMARTS) is 1. The number of benzene rings is 1. The summed E-state index contributed by atoms with van der Waals surface area (Å²) >= 11 is 1.15. The van der Waals surface area contributed by atoms with Gasteiger partial charge in [-0.05, 0) is 13.8 Å².